The Hall–Kier alpha value is -11.3. The van der Waals surface area contributed by atoms with Crippen molar-refractivity contribution in [3.63, 3.8) is 0 Å². The second-order valence-electron chi connectivity index (χ2n) is 28.7. The molecule has 4 aromatic rings. The van der Waals surface area contributed by atoms with Crippen LogP contribution in [0.2, 0.25) is 0 Å². The van der Waals surface area contributed by atoms with E-state index >= 15 is 0 Å². The first-order valence-electron chi connectivity index (χ1n) is 38.3. The summed E-state index contributed by atoms with van der Waals surface area (Å²) in [5.41, 5.74) is 4.16. The Morgan fingerprint density at radius 3 is 1.34 bits per heavy atom. The number of amides is 8. The largest absolute Gasteiger partial charge is 0.462 e. The van der Waals surface area contributed by atoms with Gasteiger partial charge >= 0.3 is 30.1 Å². The summed E-state index contributed by atoms with van der Waals surface area (Å²) >= 11 is 0. The summed E-state index contributed by atoms with van der Waals surface area (Å²) in [5, 5.41) is 30.0. The van der Waals surface area contributed by atoms with Gasteiger partial charge in [0, 0.05) is 56.8 Å². The predicted molar refractivity (Wildman–Crippen MR) is 429 cm³/mol. The number of nitrogens with two attached hydrogens (primary N) is 1. The van der Waals surface area contributed by atoms with Crippen LogP contribution in [0.5, 0.6) is 5.75 Å². The molecule has 9 N–H and O–H groups in total. The van der Waals surface area contributed by atoms with E-state index in [1.807, 2.05) is 6.08 Å². The maximum Gasteiger partial charge on any atom is 0.417 e. The number of ether oxygens (including phenoxy) is 5. The third-order valence-corrected chi connectivity index (χ3v) is 23.9. The van der Waals surface area contributed by atoms with Gasteiger partial charge in [-0.1, -0.05) is 60.7 Å². The molecule has 35 heteroatoms. The number of benzene rings is 4. The van der Waals surface area contributed by atoms with E-state index in [1.54, 1.807) is 99.3 Å². The zero-order valence-electron chi connectivity index (χ0n) is 65.7. The highest BCUT2D eigenvalue weighted by atomic mass is 32.2. The van der Waals surface area contributed by atoms with Gasteiger partial charge in [0.25, 0.3) is 17.5 Å². The van der Waals surface area contributed by atoms with E-state index in [2.05, 4.69) is 57.0 Å². The van der Waals surface area contributed by atoms with Crippen LogP contribution in [0.1, 0.15) is 155 Å². The Bertz CT molecular complexity index is 4520. The molecule has 6 aliphatic rings. The fraction of sp³-hybridized carbons (Fsp3) is 0.469. The molecule has 33 nitrogen and oxygen atoms in total. The topological polar surface area (TPSA) is 470 Å². The van der Waals surface area contributed by atoms with E-state index in [9.17, 15) is 84.8 Å². The average molecular weight is 1650 g/mol. The first-order valence-corrected chi connectivity index (χ1v) is 41.4. The molecule has 0 bridgehead atoms. The molecular formula is C81H104N10O23S2. The van der Waals surface area contributed by atoms with E-state index in [0.717, 1.165) is 38.5 Å². The number of nitrogens with zero attached hydrogens (tertiary/aromatic N) is 3. The minimum absolute atomic E-state index is 0.0175. The van der Waals surface area contributed by atoms with Gasteiger partial charge in [-0.05, 0) is 172 Å². The monoisotopic (exact) mass is 1650 g/mol. The van der Waals surface area contributed by atoms with Gasteiger partial charge in [-0.25, -0.2) is 40.8 Å². The molecule has 116 heavy (non-hydrogen) atoms. The maximum absolute atomic E-state index is 13.9. The standard InChI is InChI=1S/C33H44N4O9S.C23H35N3O6S.C16H14N2O6.C9H11NO2/c1-5-8-9-12-17-37(4)29(39)26-19-22(46-32(42)34-27-14-11-10-13-24(27)30(40)45-7-3)18-25(26)28(38)35-33(20-21(33)6-2)31(41)36-47(43,44)23-15-16-23;1-4-6-7-8-11-26(3)21(29)19-13-16(27)12-18(19)20(28)24-23(14-15(23)5-2)22(30)25-33(31,32)17-9-10-17;1-2-23-15(19)13-5-3-4-6-14(13)17-16(20)24-12-9-7-11(8-10-12)18(21)22;1-2-12-9(11)7-5-3-4-6-8(7)10/h5-6,10-11,13-14,21-23,25-26H,1-2,7-9,12,15-20H2,3-4H3,(H,34,42)(H,35,38)(H,36,41);4-5,15-19,27H,1-2,6-14H2,3H3,(H,24,28)(H,25,30);3-10H,2H2,1H3,(H,17,20);3-6H,2,10H2,1H3/t21-,22-,25-,26-,33-;15-,16-,18-,19-,23-;;/m11../s1. The van der Waals surface area contributed by atoms with E-state index in [1.165, 1.54) is 60.7 Å². The Morgan fingerprint density at radius 1 is 0.552 bits per heavy atom. The van der Waals surface area contributed by atoms with Crippen molar-refractivity contribution in [1.29, 1.82) is 0 Å². The lowest BCUT2D eigenvalue weighted by Crippen LogP contribution is -2.54. The first-order chi connectivity index (χ1) is 55.2. The molecule has 6 saturated carbocycles. The number of allylic oxidation sites excluding steroid dienone is 2. The zero-order chi connectivity index (χ0) is 85.2. The third kappa shape index (κ3) is 25.3. The number of para-hydroxylation sites is 3. The number of hydrogen-bond acceptors (Lipinski definition) is 24. The molecule has 628 valence electrons. The smallest absolute Gasteiger partial charge is 0.417 e. The van der Waals surface area contributed by atoms with Gasteiger partial charge in [0.05, 0.1) is 93.1 Å². The number of unbranched alkanes of at least 4 members (excludes halogenated alkanes) is 4. The molecule has 8 amide bonds. The fourth-order valence-corrected chi connectivity index (χ4v) is 16.1. The molecule has 10 rings (SSSR count). The number of aliphatic hydroxyl groups excluding tert-OH is 1. The van der Waals surface area contributed by atoms with Crippen LogP contribution in [0.15, 0.2) is 148 Å². The number of sulfonamides is 2. The van der Waals surface area contributed by atoms with Crippen molar-refractivity contribution in [2.75, 3.05) is 63.4 Å². The number of nitrogens with one attached hydrogen (secondary N) is 6. The normalized spacial score (nSPS) is 21.8. The van der Waals surface area contributed by atoms with Gasteiger partial charge in [0.15, 0.2) is 0 Å². The van der Waals surface area contributed by atoms with Crippen LogP contribution in [0.3, 0.4) is 0 Å². The number of anilines is 3. The van der Waals surface area contributed by atoms with Crippen molar-refractivity contribution in [1.82, 2.24) is 29.9 Å². The Balaban J connectivity index is 0.000000234. The van der Waals surface area contributed by atoms with Crippen LogP contribution in [-0.4, -0.2) is 183 Å². The van der Waals surface area contributed by atoms with Crippen LogP contribution in [0.25, 0.3) is 0 Å². The van der Waals surface area contributed by atoms with E-state index < -0.39 is 142 Å². The van der Waals surface area contributed by atoms with Crippen molar-refractivity contribution in [3.8, 4) is 5.75 Å². The van der Waals surface area contributed by atoms with Gasteiger partial charge in [-0.2, -0.15) is 0 Å². The molecule has 4 aromatic carbocycles. The van der Waals surface area contributed by atoms with Crippen LogP contribution in [0, 0.1) is 45.6 Å². The molecule has 0 saturated heterocycles. The van der Waals surface area contributed by atoms with Crippen molar-refractivity contribution in [2.45, 2.75) is 157 Å². The number of carbonyl (C=O) groups is 11. The molecule has 0 unspecified atom stereocenters. The highest BCUT2D eigenvalue weighted by Crippen LogP contribution is 2.48. The van der Waals surface area contributed by atoms with Gasteiger partial charge < -0.3 is 55.0 Å². The number of carbonyl (C=O) groups excluding carboxylic acids is 11. The number of nitrogen functional groups attached to an aromatic ring is 1. The first kappa shape index (κ1) is 91.8. The SMILES string of the molecule is C=CCCCCN(C)C(=O)[C@@H]1C[C@H](O)C[C@H]1C(=O)N[C@]1(C(=O)NS(=O)(=O)C2CC2)C[C@H]1C=C.C=CCCCCN(C)C(=O)[C@@H]1C[C@H](OC(=O)Nc2ccccc2C(=O)OCC)C[C@H]1C(=O)N[C@]1(C(=O)NS(=O)(=O)C2CC2)C[C@H]1C=C.CCOC(=O)c1ccccc1N.CCOC(=O)c1ccccc1NC(=O)Oc1ccc([N+](=O)[O-])cc1. The summed E-state index contributed by atoms with van der Waals surface area (Å²) in [6.07, 6.45) is 10.9. The Kier molecular flexibility index (Phi) is 33.5. The summed E-state index contributed by atoms with van der Waals surface area (Å²) in [4.78, 5) is 153. The Labute approximate surface area is 674 Å². The van der Waals surface area contributed by atoms with Crippen molar-refractivity contribution < 1.29 is 103 Å². The second-order valence-corrected chi connectivity index (χ2v) is 32.7. The van der Waals surface area contributed by atoms with E-state index in [4.69, 9.17) is 29.4 Å². The van der Waals surface area contributed by atoms with E-state index in [-0.39, 0.29) is 103 Å². The maximum atomic E-state index is 13.9. The Morgan fingerprint density at radius 2 is 0.940 bits per heavy atom. The number of hydrogen-bond donors (Lipinski definition) is 8. The average Bonchev–Trinajstić information content (AvgIpc) is 1.58. The van der Waals surface area contributed by atoms with Crippen LogP contribution in [-0.2, 0) is 67.8 Å². The fourth-order valence-electron chi connectivity index (χ4n) is 13.4. The molecule has 6 fully saturated rings. The van der Waals surface area contributed by atoms with Crippen molar-refractivity contribution in [3.05, 3.63) is 174 Å². The summed E-state index contributed by atoms with van der Waals surface area (Å²) in [7, 11) is -4.31. The number of non-ortho nitro benzene ring substituents is 1. The molecule has 6 aliphatic carbocycles. The summed E-state index contributed by atoms with van der Waals surface area (Å²) in [5.74, 6) is -8.93. The molecular weight excluding hydrogens is 1550 g/mol. The number of esters is 3. The van der Waals surface area contributed by atoms with Crippen LogP contribution in [0.4, 0.5) is 32.3 Å². The second kappa shape index (κ2) is 42.3. The lowest BCUT2D eigenvalue weighted by molar-refractivity contribution is -0.384. The van der Waals surface area contributed by atoms with Gasteiger partial charge in [-0.3, -0.25) is 59.0 Å². The lowest BCUT2D eigenvalue weighted by atomic mass is 9.93. The molecule has 10 atom stereocenters. The van der Waals surface area contributed by atoms with Crippen LogP contribution >= 0.6 is 0 Å². The minimum Gasteiger partial charge on any atom is -0.462 e. The lowest BCUT2D eigenvalue weighted by Gasteiger charge is -2.26. The molecule has 0 heterocycles. The molecule has 0 radical (unpaired) electrons. The van der Waals surface area contributed by atoms with E-state index in [0.29, 0.717) is 56.6 Å². The zero-order valence-corrected chi connectivity index (χ0v) is 67.3. The molecule has 0 spiro atoms. The van der Waals surface area contributed by atoms with Gasteiger partial charge in [0.2, 0.25) is 43.7 Å². The molecule has 0 aromatic heterocycles. The highest BCUT2D eigenvalue weighted by Gasteiger charge is 2.63. The quantitative estimate of drug-likeness (QED) is 0.00405. The number of rotatable bonds is 35. The van der Waals surface area contributed by atoms with Gasteiger partial charge in [-0.15, -0.1) is 26.3 Å². The highest BCUT2D eigenvalue weighted by molar-refractivity contribution is 7.91. The number of nitro benzene ring substituents is 1. The van der Waals surface area contributed by atoms with Crippen molar-refractivity contribution in [2.24, 2.45) is 35.5 Å². The minimum atomic E-state index is -3.87. The summed E-state index contributed by atoms with van der Waals surface area (Å²) < 4.78 is 79.2. The van der Waals surface area contributed by atoms with Crippen molar-refractivity contribution >= 4 is 108 Å². The summed E-state index contributed by atoms with van der Waals surface area (Å²) in [6.45, 7) is 21.6. The third-order valence-electron chi connectivity index (χ3n) is 20.2. The predicted octanol–water partition coefficient (Wildman–Crippen LogP) is 8.98. The van der Waals surface area contributed by atoms with Gasteiger partial charge in [0.1, 0.15) is 22.9 Å². The molecule has 0 aliphatic heterocycles. The number of aliphatic hydroxyl groups is 1. The van der Waals surface area contributed by atoms with Crippen LogP contribution < -0.4 is 41.2 Å². The number of nitro groups is 1. The summed E-state index contributed by atoms with van der Waals surface area (Å²) in [6, 6.07) is 24.5.